The summed E-state index contributed by atoms with van der Waals surface area (Å²) in [7, 11) is 2.97. The Kier molecular flexibility index (Phi) is 6.29. The fourth-order valence-electron chi connectivity index (χ4n) is 2.33. The number of nitro groups is 1. The lowest BCUT2D eigenvalue weighted by Crippen LogP contribution is -2.15. The molecule has 0 unspecified atom stereocenters. The molecule has 10 nitrogen and oxygen atoms in total. The first-order valence-corrected chi connectivity index (χ1v) is 9.21. The zero-order valence-corrected chi connectivity index (χ0v) is 16.3. The molecule has 150 valence electrons. The van der Waals surface area contributed by atoms with Crippen molar-refractivity contribution in [2.45, 2.75) is 5.22 Å². The first-order chi connectivity index (χ1) is 14.0. The van der Waals surface area contributed by atoms with Crippen LogP contribution in [-0.2, 0) is 4.79 Å². The van der Waals surface area contributed by atoms with Gasteiger partial charge in [0.2, 0.25) is 11.8 Å². The molecule has 0 fully saturated rings. The molecule has 11 heteroatoms. The number of benzene rings is 2. The van der Waals surface area contributed by atoms with Crippen molar-refractivity contribution < 1.29 is 23.6 Å². The number of nitro benzene ring substituents is 1. The first-order valence-electron chi connectivity index (χ1n) is 8.23. The summed E-state index contributed by atoms with van der Waals surface area (Å²) in [5, 5.41) is 21.7. The van der Waals surface area contributed by atoms with E-state index in [1.807, 2.05) is 0 Å². The summed E-state index contributed by atoms with van der Waals surface area (Å²) in [6.07, 6.45) is 0. The molecule has 29 heavy (non-hydrogen) atoms. The molecule has 0 saturated heterocycles. The topological polar surface area (TPSA) is 130 Å². The molecule has 1 aromatic heterocycles. The highest BCUT2D eigenvalue weighted by molar-refractivity contribution is 7.99. The third-order valence-electron chi connectivity index (χ3n) is 3.75. The number of nitrogens with zero attached hydrogens (tertiary/aromatic N) is 3. The highest BCUT2D eigenvalue weighted by Crippen LogP contribution is 2.29. The molecule has 1 amide bonds. The molecule has 0 radical (unpaired) electrons. The number of aromatic nitrogens is 2. The number of carbonyl (C=O) groups is 1. The average molecular weight is 416 g/mol. The van der Waals surface area contributed by atoms with E-state index < -0.39 is 10.8 Å². The van der Waals surface area contributed by atoms with Gasteiger partial charge in [0.05, 0.1) is 31.0 Å². The standard InChI is InChI=1S/C18H16N4O6S/c1-26-12-5-3-11(4-6-12)17-20-21-18(28-17)29-10-16(23)19-14-8-7-13(27-2)9-15(14)22(24)25/h3-9H,10H2,1-2H3,(H,19,23). The van der Waals surface area contributed by atoms with Gasteiger partial charge in [0, 0.05) is 5.56 Å². The molecular formula is C18H16N4O6S. The molecule has 1 heterocycles. The maximum Gasteiger partial charge on any atom is 0.296 e. The average Bonchev–Trinajstić information content (AvgIpc) is 3.21. The summed E-state index contributed by atoms with van der Waals surface area (Å²) in [5.41, 5.74) is 0.525. The number of carbonyl (C=O) groups excluding carboxylic acids is 1. The number of hydrogen-bond acceptors (Lipinski definition) is 9. The summed E-state index contributed by atoms with van der Waals surface area (Å²) in [6, 6.07) is 11.3. The molecule has 0 aliphatic rings. The highest BCUT2D eigenvalue weighted by Gasteiger charge is 2.18. The minimum atomic E-state index is -0.593. The third-order valence-corrected chi connectivity index (χ3v) is 4.56. The van der Waals surface area contributed by atoms with Gasteiger partial charge in [-0.3, -0.25) is 14.9 Å². The van der Waals surface area contributed by atoms with E-state index in [2.05, 4.69) is 15.5 Å². The second kappa shape index (κ2) is 9.06. The van der Waals surface area contributed by atoms with Crippen molar-refractivity contribution in [1.29, 1.82) is 0 Å². The molecular weight excluding hydrogens is 400 g/mol. The predicted octanol–water partition coefficient (Wildman–Crippen LogP) is 3.39. The number of thioether (sulfide) groups is 1. The van der Waals surface area contributed by atoms with Crippen molar-refractivity contribution in [3.8, 4) is 23.0 Å². The Balaban J connectivity index is 1.61. The molecule has 3 aromatic rings. The van der Waals surface area contributed by atoms with Crippen molar-refractivity contribution in [2.75, 3.05) is 25.3 Å². The minimum Gasteiger partial charge on any atom is -0.497 e. The fourth-order valence-corrected chi connectivity index (χ4v) is 2.89. The summed E-state index contributed by atoms with van der Waals surface area (Å²) in [4.78, 5) is 22.8. The molecule has 1 N–H and O–H groups in total. The van der Waals surface area contributed by atoms with Crippen molar-refractivity contribution >= 4 is 29.0 Å². The quantitative estimate of drug-likeness (QED) is 0.333. The van der Waals surface area contributed by atoms with Crippen molar-refractivity contribution in [2.24, 2.45) is 0 Å². The predicted molar refractivity (Wildman–Crippen MR) is 105 cm³/mol. The molecule has 0 aliphatic heterocycles. The fraction of sp³-hybridized carbons (Fsp3) is 0.167. The second-order valence-corrected chi connectivity index (χ2v) is 6.51. The Hall–Kier alpha value is -3.60. The zero-order valence-electron chi connectivity index (χ0n) is 15.4. The number of methoxy groups -OCH3 is 2. The molecule has 0 aliphatic carbocycles. The van der Waals surface area contributed by atoms with Crippen LogP contribution < -0.4 is 14.8 Å². The van der Waals surface area contributed by atoms with E-state index in [1.54, 1.807) is 31.4 Å². The molecule has 3 rings (SSSR count). The van der Waals surface area contributed by atoms with Crippen LogP contribution in [0.4, 0.5) is 11.4 Å². The normalized spacial score (nSPS) is 10.4. The van der Waals surface area contributed by atoms with Crippen LogP contribution in [0.5, 0.6) is 11.5 Å². The SMILES string of the molecule is COc1ccc(-c2nnc(SCC(=O)Nc3ccc(OC)cc3[N+](=O)[O-])o2)cc1. The van der Waals surface area contributed by atoms with Crippen LogP contribution in [0.1, 0.15) is 0 Å². The van der Waals surface area contributed by atoms with E-state index >= 15 is 0 Å². The van der Waals surface area contributed by atoms with E-state index in [0.717, 1.165) is 11.8 Å². The summed E-state index contributed by atoms with van der Waals surface area (Å²) in [5.74, 6) is 0.815. The van der Waals surface area contributed by atoms with Gasteiger partial charge in [-0.15, -0.1) is 10.2 Å². The summed E-state index contributed by atoms with van der Waals surface area (Å²) >= 11 is 1.02. The van der Waals surface area contributed by atoms with E-state index in [0.29, 0.717) is 23.0 Å². The minimum absolute atomic E-state index is 0.0621. The zero-order chi connectivity index (χ0) is 20.8. The third kappa shape index (κ3) is 5.02. The van der Waals surface area contributed by atoms with Gasteiger partial charge in [0.25, 0.3) is 10.9 Å². The molecule has 0 saturated carbocycles. The number of ether oxygens (including phenoxy) is 2. The molecule has 0 spiro atoms. The number of rotatable bonds is 8. The van der Waals surface area contributed by atoms with Crippen molar-refractivity contribution in [3.63, 3.8) is 0 Å². The lowest BCUT2D eigenvalue weighted by atomic mass is 10.2. The van der Waals surface area contributed by atoms with Crippen LogP contribution in [0.25, 0.3) is 11.5 Å². The monoisotopic (exact) mass is 416 g/mol. The Labute approximate surface area is 169 Å². The van der Waals surface area contributed by atoms with Crippen LogP contribution in [0.2, 0.25) is 0 Å². The number of hydrogen-bond donors (Lipinski definition) is 1. The van der Waals surface area contributed by atoms with Crippen LogP contribution in [0, 0.1) is 10.1 Å². The summed E-state index contributed by atoms with van der Waals surface area (Å²) in [6.45, 7) is 0. The van der Waals surface area contributed by atoms with Crippen LogP contribution >= 0.6 is 11.8 Å². The Morgan fingerprint density at radius 3 is 2.48 bits per heavy atom. The first kappa shape index (κ1) is 20.1. The van der Waals surface area contributed by atoms with E-state index in [-0.39, 0.29) is 22.4 Å². The van der Waals surface area contributed by atoms with Crippen molar-refractivity contribution in [1.82, 2.24) is 10.2 Å². The maximum absolute atomic E-state index is 12.2. The highest BCUT2D eigenvalue weighted by atomic mass is 32.2. The van der Waals surface area contributed by atoms with Gasteiger partial charge < -0.3 is 19.2 Å². The number of amides is 1. The number of anilines is 1. The van der Waals surface area contributed by atoms with Gasteiger partial charge in [-0.1, -0.05) is 11.8 Å². The van der Waals surface area contributed by atoms with Crippen LogP contribution in [0.15, 0.2) is 52.1 Å². The van der Waals surface area contributed by atoms with Crippen molar-refractivity contribution in [3.05, 3.63) is 52.6 Å². The molecule has 0 atom stereocenters. The van der Waals surface area contributed by atoms with E-state index in [4.69, 9.17) is 13.9 Å². The van der Waals surface area contributed by atoms with Gasteiger partial charge in [-0.2, -0.15) is 0 Å². The summed E-state index contributed by atoms with van der Waals surface area (Å²) < 4.78 is 15.6. The van der Waals surface area contributed by atoms with Crippen LogP contribution in [-0.4, -0.2) is 41.0 Å². The number of nitrogens with one attached hydrogen (secondary N) is 1. The smallest absolute Gasteiger partial charge is 0.296 e. The Bertz CT molecular complexity index is 1020. The Morgan fingerprint density at radius 1 is 1.14 bits per heavy atom. The molecule has 0 bridgehead atoms. The van der Waals surface area contributed by atoms with Gasteiger partial charge in [0.1, 0.15) is 17.2 Å². The largest absolute Gasteiger partial charge is 0.497 e. The Morgan fingerprint density at radius 2 is 1.83 bits per heavy atom. The lowest BCUT2D eigenvalue weighted by molar-refractivity contribution is -0.384. The van der Waals surface area contributed by atoms with Crippen LogP contribution in [0.3, 0.4) is 0 Å². The van der Waals surface area contributed by atoms with Gasteiger partial charge >= 0.3 is 0 Å². The van der Waals surface area contributed by atoms with E-state index in [1.165, 1.54) is 25.3 Å². The van der Waals surface area contributed by atoms with Gasteiger partial charge in [-0.05, 0) is 36.4 Å². The lowest BCUT2D eigenvalue weighted by Gasteiger charge is -2.06. The molecule has 2 aromatic carbocycles. The van der Waals surface area contributed by atoms with Gasteiger partial charge in [-0.25, -0.2) is 0 Å². The second-order valence-electron chi connectivity index (χ2n) is 5.58. The van der Waals surface area contributed by atoms with Gasteiger partial charge in [0.15, 0.2) is 0 Å². The maximum atomic E-state index is 12.2. The van der Waals surface area contributed by atoms with E-state index in [9.17, 15) is 14.9 Å².